The van der Waals surface area contributed by atoms with Crippen molar-refractivity contribution >= 4 is 5.91 Å². The van der Waals surface area contributed by atoms with Crippen LogP contribution in [0.5, 0.6) is 11.5 Å². The summed E-state index contributed by atoms with van der Waals surface area (Å²) in [5.41, 5.74) is 3.84. The van der Waals surface area contributed by atoms with Crippen LogP contribution >= 0.6 is 0 Å². The first-order chi connectivity index (χ1) is 15.1. The van der Waals surface area contributed by atoms with Crippen molar-refractivity contribution in [1.82, 2.24) is 10.2 Å². The van der Waals surface area contributed by atoms with E-state index >= 15 is 0 Å². The minimum absolute atomic E-state index is 0.153. The van der Waals surface area contributed by atoms with Gasteiger partial charge in [0.2, 0.25) is 5.91 Å². The molecule has 1 N–H and O–H groups in total. The van der Waals surface area contributed by atoms with Crippen LogP contribution in [-0.2, 0) is 24.1 Å². The lowest BCUT2D eigenvalue weighted by molar-refractivity contribution is -0.135. The molecular formula is C26H25FN2O2. The first-order valence-corrected chi connectivity index (χ1v) is 10.8. The van der Waals surface area contributed by atoms with E-state index in [1.54, 1.807) is 12.1 Å². The molecule has 1 saturated heterocycles. The van der Waals surface area contributed by atoms with Crippen molar-refractivity contribution in [1.29, 1.82) is 0 Å². The Morgan fingerprint density at radius 1 is 0.871 bits per heavy atom. The van der Waals surface area contributed by atoms with Crippen molar-refractivity contribution in [2.45, 2.75) is 31.3 Å². The molecule has 3 aromatic rings. The number of carbonyl (C=O) groups excluding carboxylic acids is 1. The van der Waals surface area contributed by atoms with E-state index in [1.165, 1.54) is 23.3 Å². The molecule has 1 aliphatic heterocycles. The van der Waals surface area contributed by atoms with Gasteiger partial charge in [0, 0.05) is 25.2 Å². The number of nitrogens with one attached hydrogen (secondary N) is 1. The second-order valence-corrected chi connectivity index (χ2v) is 8.41. The van der Waals surface area contributed by atoms with Gasteiger partial charge >= 0.3 is 0 Å². The molecule has 0 spiro atoms. The standard InChI is InChI=1S/C26H25FN2O2/c27-21-7-11-25(12-8-21)31-24-9-5-18(6-10-24)13-26(30)29-16-23(17-29)28-22-14-19-3-1-2-4-20(19)15-22/h1-12,22-23,28H,13-17H2. The number of nitrogens with zero attached hydrogens (tertiary/aromatic N) is 1. The topological polar surface area (TPSA) is 41.6 Å². The molecule has 0 saturated carbocycles. The minimum atomic E-state index is -0.294. The van der Waals surface area contributed by atoms with Gasteiger partial charge in [-0.2, -0.15) is 0 Å². The number of halogens is 1. The highest BCUT2D eigenvalue weighted by molar-refractivity contribution is 5.79. The SMILES string of the molecule is O=C(Cc1ccc(Oc2ccc(F)cc2)cc1)N1CC(NC2Cc3ccccc3C2)C1. The molecule has 0 atom stereocenters. The van der Waals surface area contributed by atoms with Crippen molar-refractivity contribution in [3.63, 3.8) is 0 Å². The molecule has 1 fully saturated rings. The van der Waals surface area contributed by atoms with Crippen LogP contribution in [0.1, 0.15) is 16.7 Å². The van der Waals surface area contributed by atoms with Gasteiger partial charge in [-0.05, 0) is 65.9 Å². The third kappa shape index (κ3) is 4.62. The summed E-state index contributed by atoms with van der Waals surface area (Å²) in [5.74, 6) is 1.10. The Kier molecular flexibility index (Phi) is 5.43. The number of hydrogen-bond donors (Lipinski definition) is 1. The van der Waals surface area contributed by atoms with Gasteiger partial charge in [-0.25, -0.2) is 4.39 Å². The molecule has 5 rings (SSSR count). The van der Waals surface area contributed by atoms with E-state index in [2.05, 4.69) is 29.6 Å². The Balaban J connectivity index is 1.07. The molecule has 0 bridgehead atoms. The fraction of sp³-hybridized carbons (Fsp3) is 0.269. The van der Waals surface area contributed by atoms with Crippen molar-refractivity contribution in [3.05, 3.63) is 95.3 Å². The fourth-order valence-electron chi connectivity index (χ4n) is 4.40. The number of carbonyl (C=O) groups is 1. The van der Waals surface area contributed by atoms with E-state index in [0.29, 0.717) is 30.0 Å². The van der Waals surface area contributed by atoms with Crippen LogP contribution in [0.25, 0.3) is 0 Å². The van der Waals surface area contributed by atoms with Crippen LogP contribution in [0, 0.1) is 5.82 Å². The molecule has 0 aromatic heterocycles. The van der Waals surface area contributed by atoms with E-state index in [-0.39, 0.29) is 11.7 Å². The summed E-state index contributed by atoms with van der Waals surface area (Å²) in [5, 5.41) is 3.71. The second kappa shape index (κ2) is 8.52. The van der Waals surface area contributed by atoms with Gasteiger partial charge in [-0.1, -0.05) is 36.4 Å². The Labute approximate surface area is 181 Å². The van der Waals surface area contributed by atoms with Crippen molar-refractivity contribution in [3.8, 4) is 11.5 Å². The summed E-state index contributed by atoms with van der Waals surface area (Å²) < 4.78 is 18.7. The van der Waals surface area contributed by atoms with Crippen LogP contribution in [0.15, 0.2) is 72.8 Å². The lowest BCUT2D eigenvalue weighted by Crippen LogP contribution is -2.62. The van der Waals surface area contributed by atoms with Gasteiger partial charge in [0.05, 0.1) is 6.42 Å². The van der Waals surface area contributed by atoms with Crippen LogP contribution in [-0.4, -0.2) is 36.0 Å². The van der Waals surface area contributed by atoms with E-state index in [9.17, 15) is 9.18 Å². The van der Waals surface area contributed by atoms with Gasteiger partial charge in [0.15, 0.2) is 0 Å². The number of fused-ring (bicyclic) bond motifs is 1. The number of amides is 1. The monoisotopic (exact) mass is 416 g/mol. The Hall–Kier alpha value is -3.18. The van der Waals surface area contributed by atoms with Crippen LogP contribution in [0.3, 0.4) is 0 Å². The maximum absolute atomic E-state index is 13.0. The summed E-state index contributed by atoms with van der Waals surface area (Å²) in [6.45, 7) is 1.55. The van der Waals surface area contributed by atoms with E-state index in [0.717, 1.165) is 31.5 Å². The van der Waals surface area contributed by atoms with Gasteiger partial charge in [0.1, 0.15) is 17.3 Å². The lowest BCUT2D eigenvalue weighted by Gasteiger charge is -2.41. The molecule has 1 heterocycles. The normalized spacial score (nSPS) is 16.1. The van der Waals surface area contributed by atoms with E-state index in [1.807, 2.05) is 29.2 Å². The zero-order valence-corrected chi connectivity index (χ0v) is 17.3. The van der Waals surface area contributed by atoms with Crippen molar-refractivity contribution in [2.75, 3.05) is 13.1 Å². The zero-order chi connectivity index (χ0) is 21.2. The van der Waals surface area contributed by atoms with Crippen LogP contribution in [0.2, 0.25) is 0 Å². The molecular weight excluding hydrogens is 391 g/mol. The number of likely N-dealkylation sites (tertiary alicyclic amines) is 1. The number of hydrogen-bond acceptors (Lipinski definition) is 3. The predicted molar refractivity (Wildman–Crippen MR) is 118 cm³/mol. The quantitative estimate of drug-likeness (QED) is 0.657. The maximum atomic E-state index is 13.0. The summed E-state index contributed by atoms with van der Waals surface area (Å²) in [6.07, 6.45) is 2.54. The zero-order valence-electron chi connectivity index (χ0n) is 17.3. The van der Waals surface area contributed by atoms with Gasteiger partial charge < -0.3 is 15.0 Å². The van der Waals surface area contributed by atoms with E-state index < -0.39 is 0 Å². The highest BCUT2D eigenvalue weighted by Crippen LogP contribution is 2.24. The molecule has 4 nitrogen and oxygen atoms in total. The Morgan fingerprint density at radius 3 is 2.06 bits per heavy atom. The van der Waals surface area contributed by atoms with E-state index in [4.69, 9.17) is 4.74 Å². The largest absolute Gasteiger partial charge is 0.457 e. The Bertz CT molecular complexity index is 1030. The van der Waals surface area contributed by atoms with Crippen LogP contribution in [0.4, 0.5) is 4.39 Å². The number of rotatable bonds is 6. The number of benzene rings is 3. The van der Waals surface area contributed by atoms with Gasteiger partial charge in [0.25, 0.3) is 0 Å². The fourth-order valence-corrected chi connectivity index (χ4v) is 4.40. The average molecular weight is 416 g/mol. The van der Waals surface area contributed by atoms with Crippen LogP contribution < -0.4 is 10.1 Å². The summed E-state index contributed by atoms with van der Waals surface area (Å²) in [6, 6.07) is 22.9. The summed E-state index contributed by atoms with van der Waals surface area (Å²) >= 11 is 0. The molecule has 1 aliphatic carbocycles. The molecule has 5 heteroatoms. The maximum Gasteiger partial charge on any atom is 0.227 e. The minimum Gasteiger partial charge on any atom is -0.457 e. The first-order valence-electron chi connectivity index (χ1n) is 10.8. The van der Waals surface area contributed by atoms with Gasteiger partial charge in [-0.15, -0.1) is 0 Å². The highest BCUT2D eigenvalue weighted by Gasteiger charge is 2.33. The molecule has 0 radical (unpaired) electrons. The Morgan fingerprint density at radius 2 is 1.45 bits per heavy atom. The third-order valence-electron chi connectivity index (χ3n) is 6.08. The average Bonchev–Trinajstić information content (AvgIpc) is 3.16. The first kappa shape index (κ1) is 19.8. The molecule has 3 aromatic carbocycles. The molecule has 158 valence electrons. The summed E-state index contributed by atoms with van der Waals surface area (Å²) in [4.78, 5) is 14.5. The lowest BCUT2D eigenvalue weighted by atomic mass is 10.0. The van der Waals surface area contributed by atoms with Crippen molar-refractivity contribution in [2.24, 2.45) is 0 Å². The van der Waals surface area contributed by atoms with Crippen molar-refractivity contribution < 1.29 is 13.9 Å². The summed E-state index contributed by atoms with van der Waals surface area (Å²) in [7, 11) is 0. The highest BCUT2D eigenvalue weighted by atomic mass is 19.1. The third-order valence-corrected chi connectivity index (χ3v) is 6.08. The molecule has 2 aliphatic rings. The molecule has 0 unspecified atom stereocenters. The smallest absolute Gasteiger partial charge is 0.227 e. The molecule has 1 amide bonds. The van der Waals surface area contributed by atoms with Gasteiger partial charge in [-0.3, -0.25) is 4.79 Å². The molecule has 31 heavy (non-hydrogen) atoms. The predicted octanol–water partition coefficient (Wildman–Crippen LogP) is 4.13. The number of ether oxygens (including phenoxy) is 1. The second-order valence-electron chi connectivity index (χ2n) is 8.41.